The maximum absolute atomic E-state index is 13.6. The van der Waals surface area contributed by atoms with Crippen LogP contribution >= 0.6 is 0 Å². The monoisotopic (exact) mass is 412 g/mol. The Morgan fingerprint density at radius 1 is 0.967 bits per heavy atom. The van der Waals surface area contributed by atoms with E-state index in [1.807, 2.05) is 20.8 Å². The first-order chi connectivity index (χ1) is 14.6. The SMILES string of the molecule is CCN1CC[C@@]2(CN(c3ncccn3)CC23CCN(C(=O)N2CCCC2)CC3)C1=O. The number of amides is 3. The molecule has 0 bridgehead atoms. The summed E-state index contributed by atoms with van der Waals surface area (Å²) in [5, 5.41) is 0. The molecule has 1 aromatic heterocycles. The van der Waals surface area contributed by atoms with Gasteiger partial charge in [0.1, 0.15) is 0 Å². The molecule has 0 unspecified atom stereocenters. The van der Waals surface area contributed by atoms with E-state index in [0.717, 1.165) is 77.9 Å². The van der Waals surface area contributed by atoms with Gasteiger partial charge in [-0.05, 0) is 45.1 Å². The molecular weight excluding hydrogens is 380 g/mol. The van der Waals surface area contributed by atoms with Crippen molar-refractivity contribution in [2.75, 3.05) is 57.3 Å². The molecule has 1 atom stereocenters. The lowest BCUT2D eigenvalue weighted by Gasteiger charge is -2.47. The molecule has 0 saturated carbocycles. The number of rotatable bonds is 2. The fraction of sp³-hybridized carbons (Fsp3) is 0.727. The number of carbonyl (C=O) groups is 2. The van der Waals surface area contributed by atoms with Gasteiger partial charge in [-0.15, -0.1) is 0 Å². The van der Waals surface area contributed by atoms with Crippen LogP contribution in [-0.2, 0) is 4.79 Å². The van der Waals surface area contributed by atoms with Crippen LogP contribution in [0, 0.1) is 10.8 Å². The van der Waals surface area contributed by atoms with Crippen molar-refractivity contribution < 1.29 is 9.59 Å². The number of fused-ring (bicyclic) bond motifs is 1. The topological polar surface area (TPSA) is 72.9 Å². The number of piperidine rings is 1. The van der Waals surface area contributed by atoms with E-state index < -0.39 is 0 Å². The van der Waals surface area contributed by atoms with Crippen LogP contribution in [0.2, 0.25) is 0 Å². The Morgan fingerprint density at radius 2 is 1.63 bits per heavy atom. The fourth-order valence-corrected chi connectivity index (χ4v) is 6.31. The molecule has 2 spiro atoms. The van der Waals surface area contributed by atoms with E-state index in [9.17, 15) is 9.59 Å². The Bertz CT molecular complexity index is 803. The standard InChI is InChI=1S/C22H32N6O2/c1-2-25-15-8-22(18(25)29)17-28(19-23-9-5-10-24-19)16-21(22)6-13-27(14-7-21)20(30)26-11-3-4-12-26/h5,9-10H,2-4,6-8,11-17H2,1H3/t22-/m1/s1. The lowest BCUT2D eigenvalue weighted by atomic mass is 9.60. The molecule has 1 aromatic rings. The number of urea groups is 1. The Hall–Kier alpha value is -2.38. The van der Waals surface area contributed by atoms with Gasteiger partial charge < -0.3 is 19.6 Å². The van der Waals surface area contributed by atoms with Gasteiger partial charge in [-0.2, -0.15) is 0 Å². The molecule has 5 rings (SSSR count). The Labute approximate surface area is 178 Å². The van der Waals surface area contributed by atoms with Gasteiger partial charge in [0, 0.05) is 70.2 Å². The summed E-state index contributed by atoms with van der Waals surface area (Å²) >= 11 is 0. The second-order valence-corrected chi connectivity index (χ2v) is 9.37. The van der Waals surface area contributed by atoms with E-state index in [2.05, 4.69) is 21.8 Å². The molecule has 0 aliphatic carbocycles. The third-order valence-electron chi connectivity index (χ3n) is 8.06. The van der Waals surface area contributed by atoms with Gasteiger partial charge in [-0.1, -0.05) is 0 Å². The third-order valence-corrected chi connectivity index (χ3v) is 8.06. The quantitative estimate of drug-likeness (QED) is 0.741. The van der Waals surface area contributed by atoms with Gasteiger partial charge in [0.2, 0.25) is 11.9 Å². The maximum Gasteiger partial charge on any atom is 0.319 e. The lowest BCUT2D eigenvalue weighted by Crippen LogP contribution is -2.55. The van der Waals surface area contributed by atoms with Crippen LogP contribution in [0.3, 0.4) is 0 Å². The van der Waals surface area contributed by atoms with Crippen molar-refractivity contribution in [3.05, 3.63) is 18.5 Å². The van der Waals surface area contributed by atoms with Crippen LogP contribution in [0.25, 0.3) is 0 Å². The summed E-state index contributed by atoms with van der Waals surface area (Å²) in [4.78, 5) is 43.7. The van der Waals surface area contributed by atoms with Gasteiger partial charge in [-0.3, -0.25) is 4.79 Å². The zero-order chi connectivity index (χ0) is 20.8. The van der Waals surface area contributed by atoms with E-state index >= 15 is 0 Å². The number of hydrogen-bond donors (Lipinski definition) is 0. The van der Waals surface area contributed by atoms with Crippen molar-refractivity contribution in [1.29, 1.82) is 0 Å². The molecule has 162 valence electrons. The van der Waals surface area contributed by atoms with Gasteiger partial charge in [0.05, 0.1) is 5.41 Å². The second kappa shape index (κ2) is 7.39. The highest BCUT2D eigenvalue weighted by molar-refractivity contribution is 5.87. The molecule has 4 aliphatic rings. The van der Waals surface area contributed by atoms with Gasteiger partial charge in [0.15, 0.2) is 0 Å². The molecule has 5 heterocycles. The smallest absolute Gasteiger partial charge is 0.319 e. The normalized spacial score (nSPS) is 28.4. The summed E-state index contributed by atoms with van der Waals surface area (Å²) in [5.74, 6) is 1.01. The first-order valence-corrected chi connectivity index (χ1v) is 11.4. The molecule has 4 aliphatic heterocycles. The summed E-state index contributed by atoms with van der Waals surface area (Å²) in [6.07, 6.45) is 8.40. The molecule has 3 amide bonds. The van der Waals surface area contributed by atoms with Crippen molar-refractivity contribution >= 4 is 17.9 Å². The van der Waals surface area contributed by atoms with Crippen LogP contribution < -0.4 is 4.90 Å². The summed E-state index contributed by atoms with van der Waals surface area (Å²) in [5.41, 5.74) is -0.500. The number of likely N-dealkylation sites (tertiary alicyclic amines) is 3. The molecule has 4 saturated heterocycles. The zero-order valence-corrected chi connectivity index (χ0v) is 17.9. The first-order valence-electron chi connectivity index (χ1n) is 11.4. The van der Waals surface area contributed by atoms with Gasteiger partial charge in [-0.25, -0.2) is 14.8 Å². The third kappa shape index (κ3) is 2.87. The second-order valence-electron chi connectivity index (χ2n) is 9.37. The molecule has 8 heteroatoms. The minimum Gasteiger partial charge on any atom is -0.342 e. The Morgan fingerprint density at radius 3 is 2.27 bits per heavy atom. The minimum atomic E-state index is -0.384. The highest BCUT2D eigenvalue weighted by Crippen LogP contribution is 2.58. The maximum atomic E-state index is 13.6. The Balaban J connectivity index is 1.40. The van der Waals surface area contributed by atoms with E-state index in [4.69, 9.17) is 0 Å². The summed E-state index contributed by atoms with van der Waals surface area (Å²) in [7, 11) is 0. The van der Waals surface area contributed by atoms with E-state index in [1.165, 1.54) is 0 Å². The summed E-state index contributed by atoms with van der Waals surface area (Å²) in [6.45, 7) is 8.38. The summed E-state index contributed by atoms with van der Waals surface area (Å²) < 4.78 is 0. The van der Waals surface area contributed by atoms with E-state index in [0.29, 0.717) is 18.4 Å². The number of hydrogen-bond acceptors (Lipinski definition) is 5. The molecule has 0 N–H and O–H groups in total. The predicted molar refractivity (Wildman–Crippen MR) is 113 cm³/mol. The van der Waals surface area contributed by atoms with E-state index in [-0.39, 0.29) is 16.9 Å². The molecule has 0 radical (unpaired) electrons. The molecule has 8 nitrogen and oxygen atoms in total. The van der Waals surface area contributed by atoms with Crippen molar-refractivity contribution in [1.82, 2.24) is 24.7 Å². The minimum absolute atomic E-state index is 0.116. The van der Waals surface area contributed by atoms with Gasteiger partial charge in [0.25, 0.3) is 0 Å². The zero-order valence-electron chi connectivity index (χ0n) is 17.9. The van der Waals surface area contributed by atoms with E-state index in [1.54, 1.807) is 12.4 Å². The average molecular weight is 413 g/mol. The van der Waals surface area contributed by atoms with Crippen molar-refractivity contribution in [3.8, 4) is 0 Å². The predicted octanol–water partition coefficient (Wildman–Crippen LogP) is 1.83. The van der Waals surface area contributed by atoms with Crippen LogP contribution in [0.1, 0.15) is 39.0 Å². The fourth-order valence-electron chi connectivity index (χ4n) is 6.31. The number of carbonyl (C=O) groups excluding carboxylic acids is 2. The number of nitrogens with zero attached hydrogens (tertiary/aromatic N) is 6. The van der Waals surface area contributed by atoms with Crippen LogP contribution in [-0.4, -0.2) is 89.0 Å². The van der Waals surface area contributed by atoms with Crippen molar-refractivity contribution in [2.24, 2.45) is 10.8 Å². The van der Waals surface area contributed by atoms with Crippen LogP contribution in [0.5, 0.6) is 0 Å². The molecule has 0 aromatic carbocycles. The average Bonchev–Trinajstić information content (AvgIpc) is 3.50. The van der Waals surface area contributed by atoms with Crippen molar-refractivity contribution in [2.45, 2.75) is 39.0 Å². The lowest BCUT2D eigenvalue weighted by molar-refractivity contribution is -0.141. The van der Waals surface area contributed by atoms with Crippen LogP contribution in [0.15, 0.2) is 18.5 Å². The highest BCUT2D eigenvalue weighted by Gasteiger charge is 2.65. The highest BCUT2D eigenvalue weighted by atomic mass is 16.2. The largest absolute Gasteiger partial charge is 0.342 e. The molecule has 30 heavy (non-hydrogen) atoms. The Kier molecular flexibility index (Phi) is 4.82. The number of anilines is 1. The summed E-state index contributed by atoms with van der Waals surface area (Å²) in [6, 6.07) is 2.01. The van der Waals surface area contributed by atoms with Crippen molar-refractivity contribution in [3.63, 3.8) is 0 Å². The first kappa shape index (κ1) is 19.6. The molecular formula is C22H32N6O2. The molecule has 4 fully saturated rings. The van der Waals surface area contributed by atoms with Gasteiger partial charge >= 0.3 is 6.03 Å². The number of aromatic nitrogens is 2. The van der Waals surface area contributed by atoms with Crippen LogP contribution in [0.4, 0.5) is 10.7 Å².